The first-order chi connectivity index (χ1) is 3.91. The van der Waals surface area contributed by atoms with Crippen LogP contribution in [0.3, 0.4) is 0 Å². The summed E-state index contributed by atoms with van der Waals surface area (Å²) in [6.07, 6.45) is 3.61. The van der Waals surface area contributed by atoms with Crippen molar-refractivity contribution in [1.82, 2.24) is 5.32 Å². The van der Waals surface area contributed by atoms with Crippen molar-refractivity contribution in [2.45, 2.75) is 0 Å². The monoisotopic (exact) mass is 239 g/mol. The van der Waals surface area contributed by atoms with E-state index in [-0.39, 0.29) is 32.7 Å². The van der Waals surface area contributed by atoms with E-state index in [2.05, 4.69) is 5.32 Å². The Labute approximate surface area is 88.6 Å². The van der Waals surface area contributed by atoms with Crippen LogP contribution >= 0.6 is 21.6 Å². The normalized spacial score (nSPS) is 7.67. The Balaban J connectivity index is 0. The van der Waals surface area contributed by atoms with Gasteiger partial charge in [-0.3, -0.25) is 0 Å². The smallest absolute Gasteiger partial charge is 0.0186 e. The van der Waals surface area contributed by atoms with E-state index >= 15 is 0 Å². The maximum absolute atomic E-state index is 9.52. The van der Waals surface area contributed by atoms with E-state index in [1.807, 2.05) is 6.26 Å². The van der Waals surface area contributed by atoms with Crippen molar-refractivity contribution in [3.63, 3.8) is 0 Å². The van der Waals surface area contributed by atoms with Crippen LogP contribution in [0.4, 0.5) is 0 Å². The van der Waals surface area contributed by atoms with Crippen LogP contribution in [0.1, 0.15) is 0 Å². The van der Waals surface area contributed by atoms with Crippen molar-refractivity contribution in [2.24, 2.45) is 0 Å². The van der Waals surface area contributed by atoms with E-state index in [0.29, 0.717) is 0 Å². The molecular formula is C4H8NOS2Y-. The molecule has 0 saturated heterocycles. The van der Waals surface area contributed by atoms with E-state index in [1.54, 1.807) is 28.0 Å². The first-order valence-electron chi connectivity index (χ1n) is 2.17. The topological polar surface area (TPSA) is 29.1 Å². The third-order valence-electron chi connectivity index (χ3n) is 0.500. The van der Waals surface area contributed by atoms with Crippen molar-refractivity contribution in [3.8, 4) is 0 Å². The van der Waals surface area contributed by atoms with Crippen molar-refractivity contribution < 1.29 is 37.5 Å². The van der Waals surface area contributed by atoms with Gasteiger partial charge in [-0.2, -0.15) is 6.41 Å². The summed E-state index contributed by atoms with van der Waals surface area (Å²) in [5, 5.41) is 2.44. The minimum Gasteiger partial charge on any atom is -0.529 e. The molecule has 0 aromatic rings. The second kappa shape index (κ2) is 12.0. The van der Waals surface area contributed by atoms with Gasteiger partial charge >= 0.3 is 0 Å². The number of rotatable bonds is 5. The molecule has 0 bridgehead atoms. The molecule has 0 aromatic carbocycles. The van der Waals surface area contributed by atoms with E-state index in [1.165, 1.54) is 0 Å². The molecule has 1 amide bonds. The van der Waals surface area contributed by atoms with Crippen molar-refractivity contribution in [3.05, 3.63) is 0 Å². The van der Waals surface area contributed by atoms with Gasteiger partial charge in [0.25, 0.3) is 0 Å². The van der Waals surface area contributed by atoms with Gasteiger partial charge < -0.3 is 10.1 Å². The molecule has 1 radical (unpaired) electrons. The first kappa shape index (κ1) is 12.9. The number of carbonyl (C=O) groups excluding carboxylic acids is 1. The molecule has 0 rings (SSSR count). The molecule has 5 heteroatoms. The molecule has 0 aromatic heterocycles. The summed E-state index contributed by atoms with van der Waals surface area (Å²) in [7, 11) is 3.42. The zero-order valence-electron chi connectivity index (χ0n) is 5.22. The Morgan fingerprint density at radius 3 is 2.78 bits per heavy atom. The molecule has 0 fully saturated rings. The standard InChI is InChI=1S/C4H8NOS2.Y/c1-7-8-3-2-5-4-6;/h2-3H2,1H3,(H,5,6);/q-1;. The van der Waals surface area contributed by atoms with Crippen molar-refractivity contribution in [1.29, 1.82) is 0 Å². The molecule has 1 N–H and O–H groups in total. The Kier molecular flexibility index (Phi) is 17.2. The quantitative estimate of drug-likeness (QED) is 0.330. The fourth-order valence-corrected chi connectivity index (χ4v) is 1.33. The Morgan fingerprint density at radius 2 is 2.33 bits per heavy atom. The maximum Gasteiger partial charge on any atom is 0.0186 e. The van der Waals surface area contributed by atoms with Crippen LogP contribution in [-0.4, -0.2) is 25.0 Å². The van der Waals surface area contributed by atoms with Gasteiger partial charge in [0, 0.05) is 38.5 Å². The zero-order chi connectivity index (χ0) is 6.24. The van der Waals surface area contributed by atoms with Crippen LogP contribution in [0.2, 0.25) is 0 Å². The summed E-state index contributed by atoms with van der Waals surface area (Å²) >= 11 is 0. The molecule has 0 spiro atoms. The van der Waals surface area contributed by atoms with Crippen molar-refractivity contribution >= 4 is 28.0 Å². The molecule has 51 valence electrons. The van der Waals surface area contributed by atoms with Gasteiger partial charge in [0.15, 0.2) is 0 Å². The van der Waals surface area contributed by atoms with E-state index in [4.69, 9.17) is 0 Å². The van der Waals surface area contributed by atoms with Gasteiger partial charge in [0.1, 0.15) is 0 Å². The largest absolute Gasteiger partial charge is 0.529 e. The molecule has 0 unspecified atom stereocenters. The number of hydrogen-bond donors (Lipinski definition) is 1. The number of amides is 1. The molecule has 0 saturated carbocycles. The van der Waals surface area contributed by atoms with Crippen LogP contribution in [0.5, 0.6) is 0 Å². The molecular weight excluding hydrogens is 231 g/mol. The third-order valence-corrected chi connectivity index (χ3v) is 2.31. The molecule has 0 aliphatic rings. The Morgan fingerprint density at radius 1 is 1.67 bits per heavy atom. The summed E-state index contributed by atoms with van der Waals surface area (Å²) < 4.78 is 0. The van der Waals surface area contributed by atoms with Gasteiger partial charge in [-0.1, -0.05) is 21.6 Å². The average molecular weight is 239 g/mol. The molecule has 0 atom stereocenters. The van der Waals surface area contributed by atoms with Crippen LogP contribution < -0.4 is 5.32 Å². The summed E-state index contributed by atoms with van der Waals surface area (Å²) in [6, 6.07) is 0. The second-order valence-electron chi connectivity index (χ2n) is 1.02. The molecule has 2 nitrogen and oxygen atoms in total. The Hall–Kier alpha value is 1.27. The Bertz CT molecular complexity index is 64.5. The second-order valence-corrected chi connectivity index (χ2v) is 3.70. The van der Waals surface area contributed by atoms with E-state index < -0.39 is 0 Å². The third kappa shape index (κ3) is 12.5. The predicted octanol–water partition coefficient (Wildman–Crippen LogP) is 0.652. The van der Waals surface area contributed by atoms with Crippen LogP contribution in [0, 0.1) is 0 Å². The fourth-order valence-electron chi connectivity index (χ4n) is 0.227. The van der Waals surface area contributed by atoms with Gasteiger partial charge in [-0.15, -0.1) is 0 Å². The zero-order valence-corrected chi connectivity index (χ0v) is 9.69. The van der Waals surface area contributed by atoms with Gasteiger partial charge in [0.05, 0.1) is 0 Å². The predicted molar refractivity (Wildman–Crippen MR) is 39.7 cm³/mol. The number of hydrogen-bond acceptors (Lipinski definition) is 3. The number of nitrogens with one attached hydrogen (secondary N) is 1. The minimum absolute atomic E-state index is 0. The molecule has 9 heavy (non-hydrogen) atoms. The van der Waals surface area contributed by atoms with E-state index in [9.17, 15) is 4.79 Å². The van der Waals surface area contributed by atoms with Crippen LogP contribution in [0.25, 0.3) is 0 Å². The summed E-state index contributed by atoms with van der Waals surface area (Å²) in [4.78, 5) is 9.52. The first-order valence-corrected chi connectivity index (χ1v) is 4.90. The van der Waals surface area contributed by atoms with Gasteiger partial charge in [0.2, 0.25) is 0 Å². The fraction of sp³-hybridized carbons (Fsp3) is 0.750. The van der Waals surface area contributed by atoms with Crippen LogP contribution in [-0.2, 0) is 37.5 Å². The molecule has 0 heterocycles. The van der Waals surface area contributed by atoms with Gasteiger partial charge in [-0.05, 0) is 12.8 Å². The molecule has 0 aliphatic carbocycles. The summed E-state index contributed by atoms with van der Waals surface area (Å²) in [5.41, 5.74) is 0. The summed E-state index contributed by atoms with van der Waals surface area (Å²) in [5.74, 6) is 0.955. The van der Waals surface area contributed by atoms with E-state index in [0.717, 1.165) is 12.3 Å². The minimum atomic E-state index is 0. The maximum atomic E-state index is 9.52. The summed E-state index contributed by atoms with van der Waals surface area (Å²) in [6.45, 7) is 0.717. The average Bonchev–Trinajstić information content (AvgIpc) is 1.81. The van der Waals surface area contributed by atoms with Crippen molar-refractivity contribution in [2.75, 3.05) is 18.6 Å². The van der Waals surface area contributed by atoms with Crippen LogP contribution in [0.15, 0.2) is 0 Å². The SMILES string of the molecule is CSSCCN[C-]=O.[Y]. The molecule has 0 aliphatic heterocycles. The van der Waals surface area contributed by atoms with Gasteiger partial charge in [-0.25, -0.2) is 0 Å².